The Bertz CT molecular complexity index is 633. The van der Waals surface area contributed by atoms with Gasteiger partial charge in [-0.1, -0.05) is 30.3 Å². The number of rotatable bonds is 10. The van der Waals surface area contributed by atoms with Crippen molar-refractivity contribution >= 4 is 0 Å². The molecule has 144 valence electrons. The second kappa shape index (κ2) is 9.63. The number of hydrogen-bond donors (Lipinski definition) is 1. The maximum absolute atomic E-state index is 5.52. The van der Waals surface area contributed by atoms with E-state index in [4.69, 9.17) is 18.9 Å². The van der Waals surface area contributed by atoms with Crippen molar-refractivity contribution in [2.45, 2.75) is 38.4 Å². The second-order valence-corrected chi connectivity index (χ2v) is 5.86. The van der Waals surface area contributed by atoms with E-state index in [-0.39, 0.29) is 18.2 Å². The minimum atomic E-state index is -0.517. The van der Waals surface area contributed by atoms with E-state index >= 15 is 0 Å². The van der Waals surface area contributed by atoms with Crippen LogP contribution >= 0.6 is 0 Å². The van der Waals surface area contributed by atoms with Gasteiger partial charge in [-0.05, 0) is 19.4 Å². The van der Waals surface area contributed by atoms with E-state index in [1.807, 2.05) is 44.2 Å². The van der Waals surface area contributed by atoms with Gasteiger partial charge in [-0.3, -0.25) is 0 Å². The van der Waals surface area contributed by atoms with E-state index in [0.29, 0.717) is 11.6 Å². The van der Waals surface area contributed by atoms with Gasteiger partial charge in [-0.15, -0.1) is 10.2 Å². The van der Waals surface area contributed by atoms with Crippen LogP contribution in [0.4, 0.5) is 0 Å². The minimum absolute atomic E-state index is 0.257. The van der Waals surface area contributed by atoms with E-state index in [2.05, 4.69) is 15.6 Å². The summed E-state index contributed by atoms with van der Waals surface area (Å²) in [5.74, 6) is 1.27. The lowest BCUT2D eigenvalue weighted by Gasteiger charge is -2.29. The van der Waals surface area contributed by atoms with Gasteiger partial charge in [0.1, 0.15) is 18.2 Å². The summed E-state index contributed by atoms with van der Waals surface area (Å²) in [5, 5.41) is 8.55. The average Bonchev–Trinajstić information content (AvgIpc) is 3.11. The molecular formula is C18H28N4O4. The Balaban J connectivity index is 2.48. The van der Waals surface area contributed by atoms with Crippen LogP contribution in [0.25, 0.3) is 0 Å². The van der Waals surface area contributed by atoms with E-state index in [1.165, 1.54) is 0 Å². The summed E-state index contributed by atoms with van der Waals surface area (Å²) in [5.41, 5.74) is 4.43. The molecule has 0 radical (unpaired) electrons. The van der Waals surface area contributed by atoms with Crippen molar-refractivity contribution < 1.29 is 18.9 Å². The monoisotopic (exact) mass is 364 g/mol. The molecule has 8 heteroatoms. The third-order valence-electron chi connectivity index (χ3n) is 4.31. The van der Waals surface area contributed by atoms with Crippen LogP contribution in [-0.2, 0) is 18.9 Å². The van der Waals surface area contributed by atoms with Crippen LogP contribution in [0.15, 0.2) is 30.3 Å². The first-order valence-corrected chi connectivity index (χ1v) is 8.45. The molecule has 2 rings (SSSR count). The van der Waals surface area contributed by atoms with E-state index in [9.17, 15) is 0 Å². The van der Waals surface area contributed by atoms with Crippen LogP contribution < -0.4 is 5.43 Å². The van der Waals surface area contributed by atoms with Crippen LogP contribution in [0.1, 0.15) is 49.3 Å². The highest BCUT2D eigenvalue weighted by molar-refractivity contribution is 5.23. The highest BCUT2D eigenvalue weighted by atomic mass is 16.7. The lowest BCUT2D eigenvalue weighted by Crippen LogP contribution is -2.35. The highest BCUT2D eigenvalue weighted by Crippen LogP contribution is 2.25. The third kappa shape index (κ3) is 4.39. The molecule has 26 heavy (non-hydrogen) atoms. The molecule has 3 atom stereocenters. The Labute approximate surface area is 154 Å². The zero-order valence-corrected chi connectivity index (χ0v) is 16.2. The van der Waals surface area contributed by atoms with Crippen LogP contribution in [0.2, 0.25) is 0 Å². The van der Waals surface area contributed by atoms with Crippen LogP contribution in [0.5, 0.6) is 0 Å². The molecular weight excluding hydrogens is 336 g/mol. The third-order valence-corrected chi connectivity index (χ3v) is 4.31. The zero-order valence-electron chi connectivity index (χ0n) is 16.2. The number of ether oxygens (including phenoxy) is 4. The molecule has 0 fully saturated rings. The number of methoxy groups -OCH3 is 4. The first-order chi connectivity index (χ1) is 12.6. The van der Waals surface area contributed by atoms with Crippen molar-refractivity contribution in [1.29, 1.82) is 0 Å². The normalized spacial score (nSPS) is 15.0. The van der Waals surface area contributed by atoms with Crippen LogP contribution in [0.3, 0.4) is 0 Å². The van der Waals surface area contributed by atoms with E-state index < -0.39 is 6.29 Å². The van der Waals surface area contributed by atoms with Gasteiger partial charge in [0.15, 0.2) is 17.9 Å². The summed E-state index contributed by atoms with van der Waals surface area (Å²) in [6.07, 6.45) is -1.03. The van der Waals surface area contributed by atoms with Gasteiger partial charge in [-0.2, -0.15) is 0 Å². The molecule has 2 aromatic rings. The molecule has 0 aliphatic carbocycles. The highest BCUT2D eigenvalue weighted by Gasteiger charge is 2.28. The number of nitrogens with one attached hydrogen (secondary N) is 1. The zero-order chi connectivity index (χ0) is 19.1. The fourth-order valence-electron chi connectivity index (χ4n) is 2.64. The molecule has 1 N–H and O–H groups in total. The predicted molar refractivity (Wildman–Crippen MR) is 97.2 cm³/mol. The fourth-order valence-corrected chi connectivity index (χ4v) is 2.64. The first-order valence-electron chi connectivity index (χ1n) is 8.45. The smallest absolute Gasteiger partial charge is 0.182 e. The fraction of sp³-hybridized carbons (Fsp3) is 0.556. The molecule has 1 heterocycles. The molecule has 0 aliphatic rings. The quantitative estimate of drug-likeness (QED) is 0.649. The standard InChI is InChI=1S/C18H28N4O4/c1-12(23-3)16-19-20-17(13(2)24-4)22(16)21-15(18(25-5)26-6)14-10-8-7-9-11-14/h7-13,15,18,21H,1-6H3/t12-,13-,15?/m0/s1. The largest absolute Gasteiger partial charge is 0.374 e. The van der Waals surface area contributed by atoms with Gasteiger partial charge >= 0.3 is 0 Å². The minimum Gasteiger partial charge on any atom is -0.374 e. The summed E-state index contributed by atoms with van der Waals surface area (Å²) >= 11 is 0. The Hall–Kier alpha value is -2.00. The van der Waals surface area contributed by atoms with Gasteiger partial charge in [0.05, 0.1) is 0 Å². The summed E-state index contributed by atoms with van der Waals surface area (Å²) < 4.78 is 23.7. The van der Waals surface area contributed by atoms with Crippen molar-refractivity contribution in [1.82, 2.24) is 14.9 Å². The molecule has 8 nitrogen and oxygen atoms in total. The van der Waals surface area contributed by atoms with Crippen molar-refractivity contribution in [3.63, 3.8) is 0 Å². The lowest BCUT2D eigenvalue weighted by atomic mass is 10.1. The first kappa shape index (κ1) is 20.3. The Morgan fingerprint density at radius 1 is 0.808 bits per heavy atom. The van der Waals surface area contributed by atoms with Crippen molar-refractivity contribution in [3.8, 4) is 0 Å². The second-order valence-electron chi connectivity index (χ2n) is 5.86. The number of hydrogen-bond acceptors (Lipinski definition) is 7. The molecule has 1 unspecified atom stereocenters. The van der Waals surface area contributed by atoms with Crippen molar-refractivity contribution in [3.05, 3.63) is 47.5 Å². The van der Waals surface area contributed by atoms with Gasteiger partial charge in [0.2, 0.25) is 0 Å². The molecule has 0 saturated heterocycles. The van der Waals surface area contributed by atoms with Gasteiger partial charge in [0.25, 0.3) is 0 Å². The molecule has 0 bridgehead atoms. The summed E-state index contributed by atoms with van der Waals surface area (Å²) in [4.78, 5) is 0. The molecule has 1 aromatic carbocycles. The maximum Gasteiger partial charge on any atom is 0.182 e. The maximum atomic E-state index is 5.52. The topological polar surface area (TPSA) is 79.7 Å². The Morgan fingerprint density at radius 2 is 1.31 bits per heavy atom. The Morgan fingerprint density at radius 3 is 1.73 bits per heavy atom. The molecule has 0 aliphatic heterocycles. The molecule has 1 aromatic heterocycles. The Kier molecular flexibility index (Phi) is 7.52. The molecule has 0 spiro atoms. The summed E-state index contributed by atoms with van der Waals surface area (Å²) in [6, 6.07) is 9.61. The number of benzene rings is 1. The van der Waals surface area contributed by atoms with Crippen molar-refractivity contribution in [2.24, 2.45) is 0 Å². The van der Waals surface area contributed by atoms with Crippen LogP contribution in [-0.4, -0.2) is 49.6 Å². The number of nitrogens with zero attached hydrogens (tertiary/aromatic N) is 3. The average molecular weight is 364 g/mol. The number of aromatic nitrogens is 3. The molecule has 0 amide bonds. The predicted octanol–water partition coefficient (Wildman–Crippen LogP) is 2.60. The molecule has 0 saturated carbocycles. The SMILES string of the molecule is COC(OC)C(Nn1c([C@H](C)OC)nnc1[C@H](C)OC)c1ccccc1. The lowest BCUT2D eigenvalue weighted by molar-refractivity contribution is -0.115. The van der Waals surface area contributed by atoms with E-state index in [0.717, 1.165) is 5.56 Å². The van der Waals surface area contributed by atoms with Gasteiger partial charge < -0.3 is 24.4 Å². The summed E-state index contributed by atoms with van der Waals surface area (Å²) in [7, 11) is 6.47. The van der Waals surface area contributed by atoms with Crippen molar-refractivity contribution in [2.75, 3.05) is 33.9 Å². The van der Waals surface area contributed by atoms with E-state index in [1.54, 1.807) is 33.1 Å². The van der Waals surface area contributed by atoms with Crippen LogP contribution in [0, 0.1) is 0 Å². The summed E-state index contributed by atoms with van der Waals surface area (Å²) in [6.45, 7) is 3.82. The van der Waals surface area contributed by atoms with Gasteiger partial charge in [-0.25, -0.2) is 4.68 Å². The van der Waals surface area contributed by atoms with Gasteiger partial charge in [0, 0.05) is 28.4 Å².